The first-order chi connectivity index (χ1) is 14.2. The van der Waals surface area contributed by atoms with Crippen LogP contribution in [0.25, 0.3) is 11.3 Å². The van der Waals surface area contributed by atoms with Crippen molar-refractivity contribution in [1.29, 1.82) is 0 Å². The number of carbonyl (C=O) groups excluding carboxylic acids is 2. The summed E-state index contributed by atoms with van der Waals surface area (Å²) < 4.78 is 12.5. The van der Waals surface area contributed by atoms with Crippen LogP contribution in [0.15, 0.2) is 35.2 Å². The summed E-state index contributed by atoms with van der Waals surface area (Å²) in [5.41, 5.74) is -1.02. The Kier molecular flexibility index (Phi) is 6.73. The van der Waals surface area contributed by atoms with Crippen LogP contribution in [0.3, 0.4) is 0 Å². The van der Waals surface area contributed by atoms with Gasteiger partial charge in [-0.05, 0) is 60.4 Å². The van der Waals surface area contributed by atoms with E-state index in [1.165, 1.54) is 4.90 Å². The van der Waals surface area contributed by atoms with Gasteiger partial charge in [0.1, 0.15) is 11.2 Å². The van der Waals surface area contributed by atoms with Crippen molar-refractivity contribution in [2.75, 3.05) is 14.1 Å². The first-order valence-electron chi connectivity index (χ1n) is 9.69. The van der Waals surface area contributed by atoms with E-state index in [2.05, 4.69) is 21.8 Å². The number of aromatic nitrogens is 3. The molecular weight excluding hydrogens is 400 g/mol. The second-order valence-electron chi connectivity index (χ2n) is 8.96. The Morgan fingerprint density at radius 3 is 2.00 bits per heavy atom. The number of hydrogen-bond donors (Lipinski definition) is 0. The second-order valence-corrected chi connectivity index (χ2v) is 8.96. The maximum absolute atomic E-state index is 13.1. The molecule has 10 nitrogen and oxygen atoms in total. The third-order valence-corrected chi connectivity index (χ3v) is 3.61. The molecule has 0 radical (unpaired) electrons. The van der Waals surface area contributed by atoms with Crippen molar-refractivity contribution >= 4 is 30.2 Å². The highest BCUT2D eigenvalue weighted by Crippen LogP contribution is 2.26. The first-order valence-corrected chi connectivity index (χ1v) is 9.69. The van der Waals surface area contributed by atoms with Gasteiger partial charge in [0, 0.05) is 20.3 Å². The Balaban J connectivity index is 2.71. The molecule has 2 rings (SSSR count). The fraction of sp³-hybridized carbons (Fsp3) is 0.476. The lowest BCUT2D eigenvalue weighted by molar-refractivity contribution is 0.00394. The number of aliphatic imine (C=N–C) groups is 1. The predicted octanol–water partition coefficient (Wildman–Crippen LogP) is 3.79. The van der Waals surface area contributed by atoms with E-state index in [9.17, 15) is 9.59 Å². The normalized spacial score (nSPS) is 12.8. The fourth-order valence-electron chi connectivity index (χ4n) is 2.55. The molecule has 2 amide bonds. The molecule has 0 spiro atoms. The summed E-state index contributed by atoms with van der Waals surface area (Å²) in [5.74, 6) is 0.247. The van der Waals surface area contributed by atoms with E-state index in [-0.39, 0.29) is 17.3 Å². The quantitative estimate of drug-likeness (QED) is 0.680. The van der Waals surface area contributed by atoms with Crippen LogP contribution in [0.5, 0.6) is 0 Å². The average Bonchev–Trinajstić information content (AvgIpc) is 3.01. The molecule has 0 aromatic carbocycles. The van der Waals surface area contributed by atoms with Gasteiger partial charge in [-0.1, -0.05) is 6.07 Å². The predicted molar refractivity (Wildman–Crippen MR) is 117 cm³/mol. The Hall–Kier alpha value is -3.43. The van der Waals surface area contributed by atoms with Gasteiger partial charge < -0.3 is 14.4 Å². The first kappa shape index (κ1) is 23.8. The van der Waals surface area contributed by atoms with Crippen LogP contribution in [0.2, 0.25) is 0 Å². The summed E-state index contributed by atoms with van der Waals surface area (Å²) in [6, 6.07) is 5.39. The summed E-state index contributed by atoms with van der Waals surface area (Å²) in [6.45, 7) is 13.8. The van der Waals surface area contributed by atoms with Gasteiger partial charge in [0.15, 0.2) is 17.2 Å². The molecule has 2 aromatic rings. The fourth-order valence-corrected chi connectivity index (χ4v) is 2.55. The molecule has 0 N–H and O–H groups in total. The van der Waals surface area contributed by atoms with Crippen LogP contribution in [0, 0.1) is 0 Å². The van der Waals surface area contributed by atoms with Gasteiger partial charge in [0.2, 0.25) is 5.82 Å². The highest BCUT2D eigenvalue weighted by Gasteiger charge is 2.37. The summed E-state index contributed by atoms with van der Waals surface area (Å²) in [5, 5.41) is 4.39. The third kappa shape index (κ3) is 6.03. The summed E-state index contributed by atoms with van der Waals surface area (Å²) in [7, 11) is 3.30. The monoisotopic (exact) mass is 430 g/mol. The smallest absolute Gasteiger partial charge is 0.425 e. The molecule has 0 fully saturated rings. The minimum atomic E-state index is -0.921. The SMILES string of the molecule is C=N/C(=C(\N(C)C)N(C(=O)OC(C)(C)C)C(=O)OC(C)(C)C)c1nc2ccccn2n1. The molecule has 0 aliphatic carbocycles. The maximum atomic E-state index is 13.1. The van der Waals surface area contributed by atoms with Crippen LogP contribution in [-0.2, 0) is 9.47 Å². The topological polar surface area (TPSA) is 102 Å². The van der Waals surface area contributed by atoms with Crippen LogP contribution >= 0.6 is 0 Å². The third-order valence-electron chi connectivity index (χ3n) is 3.61. The average molecular weight is 431 g/mol. The number of fused-ring (bicyclic) bond motifs is 1. The number of amides is 2. The molecular formula is C21H30N6O4. The van der Waals surface area contributed by atoms with Crippen molar-refractivity contribution in [3.05, 3.63) is 36.0 Å². The van der Waals surface area contributed by atoms with Crippen molar-refractivity contribution in [2.24, 2.45) is 4.99 Å². The van der Waals surface area contributed by atoms with Gasteiger partial charge in [0.05, 0.1) is 0 Å². The van der Waals surface area contributed by atoms with Gasteiger partial charge in [-0.25, -0.2) is 19.1 Å². The summed E-state index contributed by atoms with van der Waals surface area (Å²) in [4.78, 5) is 37.0. The van der Waals surface area contributed by atoms with Crippen LogP contribution in [0.1, 0.15) is 47.4 Å². The van der Waals surface area contributed by atoms with E-state index < -0.39 is 23.4 Å². The van der Waals surface area contributed by atoms with Crippen LogP contribution in [-0.4, -0.2) is 68.6 Å². The number of nitrogens with zero attached hydrogens (tertiary/aromatic N) is 6. The van der Waals surface area contributed by atoms with Crippen molar-refractivity contribution in [3.8, 4) is 0 Å². The second kappa shape index (κ2) is 8.75. The number of ether oxygens (including phenoxy) is 2. The van der Waals surface area contributed by atoms with E-state index in [1.807, 2.05) is 6.07 Å². The highest BCUT2D eigenvalue weighted by atomic mass is 16.6. The number of carbonyl (C=O) groups is 2. The van der Waals surface area contributed by atoms with Crippen LogP contribution < -0.4 is 0 Å². The highest BCUT2D eigenvalue weighted by molar-refractivity contribution is 5.92. The zero-order chi connectivity index (χ0) is 23.6. The van der Waals surface area contributed by atoms with Crippen LogP contribution in [0.4, 0.5) is 9.59 Å². The molecule has 31 heavy (non-hydrogen) atoms. The largest absolute Gasteiger partial charge is 0.443 e. The minimum absolute atomic E-state index is 0.0643. The van der Waals surface area contributed by atoms with E-state index >= 15 is 0 Å². The lowest BCUT2D eigenvalue weighted by atomic mass is 10.2. The van der Waals surface area contributed by atoms with E-state index in [1.54, 1.807) is 78.5 Å². The Labute approximate surface area is 182 Å². The number of imide groups is 1. The Bertz CT molecular complexity index is 950. The molecule has 2 heterocycles. The van der Waals surface area contributed by atoms with E-state index in [0.29, 0.717) is 5.65 Å². The molecule has 0 saturated heterocycles. The standard InChI is InChI=1S/C21H30N6O4/c1-20(2,3)30-18(28)27(19(29)31-21(4,5)6)17(25(8)9)15(22-7)16-23-14-12-10-11-13-26(14)24-16/h10-13H,7H2,1-6,8-9H3/b17-15+. The van der Waals surface area contributed by atoms with Crippen molar-refractivity contribution in [2.45, 2.75) is 52.7 Å². The van der Waals surface area contributed by atoms with E-state index in [0.717, 1.165) is 4.90 Å². The molecule has 0 saturated carbocycles. The zero-order valence-electron chi connectivity index (χ0n) is 19.3. The molecule has 0 aliphatic heterocycles. The van der Waals surface area contributed by atoms with Gasteiger partial charge >= 0.3 is 12.2 Å². The molecule has 0 unspecified atom stereocenters. The van der Waals surface area contributed by atoms with E-state index in [4.69, 9.17) is 9.47 Å². The maximum Gasteiger partial charge on any atom is 0.425 e. The Morgan fingerprint density at radius 2 is 1.58 bits per heavy atom. The molecule has 2 aromatic heterocycles. The Morgan fingerprint density at radius 1 is 1.03 bits per heavy atom. The number of rotatable bonds is 4. The van der Waals surface area contributed by atoms with Gasteiger partial charge in [-0.15, -0.1) is 5.10 Å². The summed E-state index contributed by atoms with van der Waals surface area (Å²) >= 11 is 0. The molecule has 10 heteroatoms. The van der Waals surface area contributed by atoms with Crippen molar-refractivity contribution in [1.82, 2.24) is 24.4 Å². The lowest BCUT2D eigenvalue weighted by Gasteiger charge is -2.32. The number of hydrogen-bond acceptors (Lipinski definition) is 8. The van der Waals surface area contributed by atoms with Crippen molar-refractivity contribution in [3.63, 3.8) is 0 Å². The molecule has 168 valence electrons. The summed E-state index contributed by atoms with van der Waals surface area (Å²) in [6.07, 6.45) is -0.118. The molecule has 0 atom stereocenters. The number of pyridine rings is 1. The zero-order valence-corrected chi connectivity index (χ0v) is 19.3. The van der Waals surface area contributed by atoms with Crippen molar-refractivity contribution < 1.29 is 19.1 Å². The van der Waals surface area contributed by atoms with Gasteiger partial charge in [0.25, 0.3) is 0 Å². The minimum Gasteiger partial charge on any atom is -0.443 e. The van der Waals surface area contributed by atoms with Gasteiger partial charge in [-0.2, -0.15) is 4.90 Å². The lowest BCUT2D eigenvalue weighted by Crippen LogP contribution is -2.46. The molecule has 0 aliphatic rings. The van der Waals surface area contributed by atoms with Gasteiger partial charge in [-0.3, -0.25) is 4.99 Å². The molecule has 0 bridgehead atoms.